The quantitative estimate of drug-likeness (QED) is 0.732. The molecule has 0 atom stereocenters. The van der Waals surface area contributed by atoms with Crippen molar-refractivity contribution in [2.45, 2.75) is 27.2 Å². The van der Waals surface area contributed by atoms with Crippen LogP contribution in [0, 0.1) is 6.92 Å². The molecule has 0 amide bonds. The summed E-state index contributed by atoms with van der Waals surface area (Å²) >= 11 is 1.45. The van der Waals surface area contributed by atoms with Gasteiger partial charge in [-0.15, -0.1) is 11.3 Å². The summed E-state index contributed by atoms with van der Waals surface area (Å²) in [6.45, 7) is 6.58. The maximum absolute atomic E-state index is 11.4. The lowest BCUT2D eigenvalue weighted by Gasteiger charge is -2.06. The Bertz CT molecular complexity index is 604. The highest BCUT2D eigenvalue weighted by Gasteiger charge is 2.11. The molecule has 5 heteroatoms. The molecular formula is C16H19NO3S. The van der Waals surface area contributed by atoms with Gasteiger partial charge < -0.3 is 9.47 Å². The van der Waals surface area contributed by atoms with Gasteiger partial charge in [-0.05, 0) is 38.1 Å². The first-order valence-corrected chi connectivity index (χ1v) is 7.74. The predicted octanol–water partition coefficient (Wildman–Crippen LogP) is 3.67. The molecule has 0 radical (unpaired) electrons. The number of aryl methyl sites for hydroxylation is 1. The maximum Gasteiger partial charge on any atom is 0.171 e. The van der Waals surface area contributed by atoms with Crippen molar-refractivity contribution < 1.29 is 14.3 Å². The summed E-state index contributed by atoms with van der Waals surface area (Å²) in [5.74, 6) is 1.72. The monoisotopic (exact) mass is 305 g/mol. The third-order valence-corrected chi connectivity index (χ3v) is 4.20. The molecule has 0 fully saturated rings. The Hall–Kier alpha value is -1.88. The van der Waals surface area contributed by atoms with E-state index in [2.05, 4.69) is 4.98 Å². The average Bonchev–Trinajstić information content (AvgIpc) is 2.82. The molecule has 21 heavy (non-hydrogen) atoms. The molecule has 1 aromatic heterocycles. The van der Waals surface area contributed by atoms with Crippen molar-refractivity contribution in [1.82, 2.24) is 4.98 Å². The second kappa shape index (κ2) is 7.22. The predicted molar refractivity (Wildman–Crippen MR) is 83.7 cm³/mol. The van der Waals surface area contributed by atoms with E-state index in [1.807, 2.05) is 38.1 Å². The zero-order chi connectivity index (χ0) is 15.2. The van der Waals surface area contributed by atoms with E-state index in [0.29, 0.717) is 19.6 Å². The number of aromatic nitrogens is 1. The van der Waals surface area contributed by atoms with E-state index in [1.165, 1.54) is 11.3 Å². The van der Waals surface area contributed by atoms with Crippen LogP contribution in [-0.2, 0) is 6.42 Å². The van der Waals surface area contributed by atoms with Crippen molar-refractivity contribution in [3.8, 4) is 11.5 Å². The van der Waals surface area contributed by atoms with Gasteiger partial charge in [0.05, 0.1) is 28.8 Å². The second-order valence-electron chi connectivity index (χ2n) is 4.58. The van der Waals surface area contributed by atoms with Crippen LogP contribution in [0.5, 0.6) is 11.5 Å². The molecule has 0 saturated carbocycles. The summed E-state index contributed by atoms with van der Waals surface area (Å²) in [6, 6.07) is 7.55. The summed E-state index contributed by atoms with van der Waals surface area (Å²) in [4.78, 5) is 16.5. The van der Waals surface area contributed by atoms with Crippen LogP contribution in [0.25, 0.3) is 0 Å². The lowest BCUT2D eigenvalue weighted by molar-refractivity contribution is 0.102. The number of ketones is 1. The molecule has 0 aliphatic heterocycles. The van der Waals surface area contributed by atoms with Gasteiger partial charge in [-0.3, -0.25) is 4.79 Å². The van der Waals surface area contributed by atoms with Crippen molar-refractivity contribution >= 4 is 17.1 Å². The van der Waals surface area contributed by atoms with Crippen LogP contribution in [0.1, 0.15) is 34.2 Å². The van der Waals surface area contributed by atoms with E-state index < -0.39 is 0 Å². The number of hydrogen-bond donors (Lipinski definition) is 0. The smallest absolute Gasteiger partial charge is 0.171 e. The van der Waals surface area contributed by atoms with Gasteiger partial charge in [0.25, 0.3) is 0 Å². The zero-order valence-corrected chi connectivity index (χ0v) is 13.3. The largest absolute Gasteiger partial charge is 0.494 e. The third kappa shape index (κ3) is 4.29. The molecule has 0 aliphatic rings. The summed E-state index contributed by atoms with van der Waals surface area (Å²) in [6.07, 6.45) is 0.700. The van der Waals surface area contributed by atoms with Gasteiger partial charge in [0.1, 0.15) is 11.5 Å². The number of carbonyl (C=O) groups excluding carboxylic acids is 1. The zero-order valence-electron chi connectivity index (χ0n) is 12.5. The van der Waals surface area contributed by atoms with Gasteiger partial charge in [-0.2, -0.15) is 0 Å². The fourth-order valence-corrected chi connectivity index (χ4v) is 2.88. The number of hydrogen-bond acceptors (Lipinski definition) is 5. The van der Waals surface area contributed by atoms with Crippen LogP contribution in [0.2, 0.25) is 0 Å². The summed E-state index contributed by atoms with van der Waals surface area (Å²) < 4.78 is 11.1. The van der Waals surface area contributed by atoms with E-state index in [0.717, 1.165) is 27.1 Å². The van der Waals surface area contributed by atoms with Gasteiger partial charge in [-0.1, -0.05) is 0 Å². The maximum atomic E-state index is 11.4. The SMILES string of the molecule is CCOc1ccc(OCCc2nc(C)c(C(C)=O)s2)cc1. The van der Waals surface area contributed by atoms with E-state index in [9.17, 15) is 4.79 Å². The van der Waals surface area contributed by atoms with Crippen LogP contribution >= 0.6 is 11.3 Å². The second-order valence-corrected chi connectivity index (χ2v) is 5.66. The van der Waals surface area contributed by atoms with Crippen molar-refractivity contribution in [2.24, 2.45) is 0 Å². The molecule has 0 bridgehead atoms. The van der Waals surface area contributed by atoms with E-state index >= 15 is 0 Å². The number of rotatable bonds is 7. The molecule has 1 aromatic carbocycles. The van der Waals surface area contributed by atoms with Crippen molar-refractivity contribution in [2.75, 3.05) is 13.2 Å². The molecule has 1 heterocycles. The van der Waals surface area contributed by atoms with Crippen LogP contribution in [0.3, 0.4) is 0 Å². The Morgan fingerprint density at radius 3 is 2.33 bits per heavy atom. The summed E-state index contributed by atoms with van der Waals surface area (Å²) in [5, 5.41) is 0.934. The molecule has 2 rings (SSSR count). The van der Waals surface area contributed by atoms with Gasteiger partial charge in [0.15, 0.2) is 5.78 Å². The van der Waals surface area contributed by atoms with Gasteiger partial charge in [0, 0.05) is 13.3 Å². The topological polar surface area (TPSA) is 48.4 Å². The fourth-order valence-electron chi connectivity index (χ4n) is 1.94. The number of nitrogens with zero attached hydrogens (tertiary/aromatic N) is 1. The molecule has 4 nitrogen and oxygen atoms in total. The van der Waals surface area contributed by atoms with Gasteiger partial charge in [0.2, 0.25) is 0 Å². The molecule has 0 spiro atoms. The summed E-state index contributed by atoms with van der Waals surface area (Å²) in [7, 11) is 0. The Labute approximate surface area is 128 Å². The first-order chi connectivity index (χ1) is 10.1. The Morgan fingerprint density at radius 2 is 1.81 bits per heavy atom. The number of thiazole rings is 1. The van der Waals surface area contributed by atoms with E-state index in [1.54, 1.807) is 6.92 Å². The Morgan fingerprint density at radius 1 is 1.19 bits per heavy atom. The number of benzene rings is 1. The average molecular weight is 305 g/mol. The number of Topliss-reactive ketones (excluding diaryl/α,β-unsaturated/α-hetero) is 1. The minimum absolute atomic E-state index is 0.0729. The molecule has 0 N–H and O–H groups in total. The highest BCUT2D eigenvalue weighted by molar-refractivity contribution is 7.13. The highest BCUT2D eigenvalue weighted by Crippen LogP contribution is 2.20. The Balaban J connectivity index is 1.86. The van der Waals surface area contributed by atoms with Crippen molar-refractivity contribution in [3.63, 3.8) is 0 Å². The first-order valence-electron chi connectivity index (χ1n) is 6.93. The van der Waals surface area contributed by atoms with Crippen molar-refractivity contribution in [1.29, 1.82) is 0 Å². The molecule has 112 valence electrons. The Kier molecular flexibility index (Phi) is 5.33. The van der Waals surface area contributed by atoms with Gasteiger partial charge >= 0.3 is 0 Å². The lowest BCUT2D eigenvalue weighted by Crippen LogP contribution is -2.01. The van der Waals surface area contributed by atoms with Crippen LogP contribution in [-0.4, -0.2) is 24.0 Å². The van der Waals surface area contributed by atoms with Gasteiger partial charge in [-0.25, -0.2) is 4.98 Å². The molecule has 0 unspecified atom stereocenters. The molecule has 2 aromatic rings. The normalized spacial score (nSPS) is 10.4. The molecule has 0 aliphatic carbocycles. The summed E-state index contributed by atoms with van der Waals surface area (Å²) in [5.41, 5.74) is 0.809. The third-order valence-electron chi connectivity index (χ3n) is 2.88. The molecule has 0 saturated heterocycles. The van der Waals surface area contributed by atoms with E-state index in [4.69, 9.17) is 9.47 Å². The van der Waals surface area contributed by atoms with Crippen LogP contribution < -0.4 is 9.47 Å². The molecular weight excluding hydrogens is 286 g/mol. The fraction of sp³-hybridized carbons (Fsp3) is 0.375. The highest BCUT2D eigenvalue weighted by atomic mass is 32.1. The van der Waals surface area contributed by atoms with Crippen LogP contribution in [0.15, 0.2) is 24.3 Å². The lowest BCUT2D eigenvalue weighted by atomic mass is 10.3. The number of ether oxygens (including phenoxy) is 2. The van der Waals surface area contributed by atoms with E-state index in [-0.39, 0.29) is 5.78 Å². The van der Waals surface area contributed by atoms with Crippen molar-refractivity contribution in [3.05, 3.63) is 39.8 Å². The first kappa shape index (κ1) is 15.5. The minimum Gasteiger partial charge on any atom is -0.494 e. The standard InChI is InChI=1S/C16H19NO3S/c1-4-19-13-5-7-14(8-6-13)20-10-9-15-17-11(2)16(21-15)12(3)18/h5-8H,4,9-10H2,1-3H3. The number of carbonyl (C=O) groups is 1. The van der Waals surface area contributed by atoms with Crippen LogP contribution in [0.4, 0.5) is 0 Å². The minimum atomic E-state index is 0.0729.